The van der Waals surface area contributed by atoms with Crippen LogP contribution in [0, 0.1) is 5.92 Å². The molecule has 0 aliphatic carbocycles. The number of hydrogen-bond acceptors (Lipinski definition) is 2. The molecule has 1 fully saturated rings. The van der Waals surface area contributed by atoms with Crippen molar-refractivity contribution in [2.75, 3.05) is 18.0 Å². The Kier molecular flexibility index (Phi) is 5.75. The summed E-state index contributed by atoms with van der Waals surface area (Å²) in [6.45, 7) is 0.465. The highest BCUT2D eigenvalue weighted by molar-refractivity contribution is 9.10. The maximum Gasteiger partial charge on any atom is 0.324 e. The fraction of sp³-hybridized carbons (Fsp3) is 0.222. The van der Waals surface area contributed by atoms with E-state index < -0.39 is 11.9 Å². The lowest BCUT2D eigenvalue weighted by Gasteiger charge is -2.38. The second kappa shape index (κ2) is 7.86. The molecule has 1 saturated heterocycles. The number of anilines is 1. The van der Waals surface area contributed by atoms with Crippen LogP contribution in [-0.4, -0.2) is 35.1 Å². The van der Waals surface area contributed by atoms with Crippen LogP contribution in [0.4, 0.5) is 10.5 Å². The smallest absolute Gasteiger partial charge is 0.324 e. The van der Waals surface area contributed by atoms with Gasteiger partial charge in [0.2, 0.25) is 0 Å². The van der Waals surface area contributed by atoms with Gasteiger partial charge < -0.3 is 10.0 Å². The highest BCUT2D eigenvalue weighted by Gasteiger charge is 2.36. The Labute approximate surface area is 169 Å². The van der Waals surface area contributed by atoms with Crippen LogP contribution < -0.4 is 4.90 Å². The summed E-state index contributed by atoms with van der Waals surface area (Å²) in [7, 11) is 0. The Morgan fingerprint density at radius 1 is 1.15 bits per heavy atom. The van der Waals surface area contributed by atoms with E-state index in [-0.39, 0.29) is 25.7 Å². The zero-order valence-corrected chi connectivity index (χ0v) is 16.6. The summed E-state index contributed by atoms with van der Waals surface area (Å²) in [5, 5.41) is 10.4. The van der Waals surface area contributed by atoms with E-state index in [9.17, 15) is 14.7 Å². The van der Waals surface area contributed by atoms with Crippen molar-refractivity contribution in [2.24, 2.45) is 5.92 Å². The second-order valence-electron chi connectivity index (χ2n) is 6.02. The van der Waals surface area contributed by atoms with Crippen LogP contribution in [0.3, 0.4) is 0 Å². The summed E-state index contributed by atoms with van der Waals surface area (Å²) in [6, 6.07) is 12.0. The molecule has 1 heterocycles. The molecule has 136 valence electrons. The average molecular weight is 458 g/mol. The molecule has 1 N–H and O–H groups in total. The summed E-state index contributed by atoms with van der Waals surface area (Å²) in [5.74, 6) is -1.63. The zero-order chi connectivity index (χ0) is 18.8. The number of benzene rings is 2. The molecule has 1 atom stereocenters. The fourth-order valence-electron chi connectivity index (χ4n) is 2.85. The normalized spacial score (nSPS) is 17.5. The summed E-state index contributed by atoms with van der Waals surface area (Å²) in [5.41, 5.74) is 1.36. The quantitative estimate of drug-likeness (QED) is 0.710. The third-order valence-electron chi connectivity index (χ3n) is 4.21. The van der Waals surface area contributed by atoms with Gasteiger partial charge in [-0.15, -0.1) is 0 Å². The SMILES string of the molecule is O=C(O)C1CN(Cc2ccc(Cl)cc2Cl)C(=O)N(c2ccc(Br)cc2)C1. The van der Waals surface area contributed by atoms with Crippen LogP contribution in [0.1, 0.15) is 5.56 Å². The molecular weight excluding hydrogens is 443 g/mol. The molecule has 2 aromatic carbocycles. The Balaban J connectivity index is 1.89. The van der Waals surface area contributed by atoms with E-state index in [4.69, 9.17) is 23.2 Å². The topological polar surface area (TPSA) is 60.9 Å². The Morgan fingerprint density at radius 2 is 1.85 bits per heavy atom. The summed E-state index contributed by atoms with van der Waals surface area (Å²) < 4.78 is 0.880. The van der Waals surface area contributed by atoms with E-state index >= 15 is 0 Å². The number of aliphatic carboxylic acids is 1. The summed E-state index contributed by atoms with van der Waals surface area (Å²) >= 11 is 15.5. The van der Waals surface area contributed by atoms with Crippen LogP contribution in [-0.2, 0) is 11.3 Å². The molecule has 0 radical (unpaired) electrons. The van der Waals surface area contributed by atoms with Crippen molar-refractivity contribution in [3.63, 3.8) is 0 Å². The number of carbonyl (C=O) groups excluding carboxylic acids is 1. The van der Waals surface area contributed by atoms with Gasteiger partial charge in [0, 0.05) is 39.8 Å². The first kappa shape index (κ1) is 19.0. The third-order valence-corrected chi connectivity index (χ3v) is 5.32. The van der Waals surface area contributed by atoms with Gasteiger partial charge in [-0.3, -0.25) is 9.69 Å². The number of carboxylic acids is 1. The molecular formula is C18H15BrCl2N2O3. The minimum atomic E-state index is -0.938. The predicted octanol–water partition coefficient (Wildman–Crippen LogP) is 4.90. The van der Waals surface area contributed by atoms with Gasteiger partial charge in [-0.25, -0.2) is 4.79 Å². The number of amides is 2. The van der Waals surface area contributed by atoms with Crippen molar-refractivity contribution in [1.82, 2.24) is 4.90 Å². The standard InChI is InChI=1S/C18H15BrCl2N2O3/c19-13-2-5-15(6-3-13)23-10-12(17(24)25)9-22(18(23)26)8-11-1-4-14(20)7-16(11)21/h1-7,12H,8-10H2,(H,24,25). The molecule has 0 bridgehead atoms. The van der Waals surface area contributed by atoms with Crippen LogP contribution in [0.5, 0.6) is 0 Å². The molecule has 5 nitrogen and oxygen atoms in total. The van der Waals surface area contributed by atoms with Crippen molar-refractivity contribution >= 4 is 56.8 Å². The molecule has 1 aliphatic heterocycles. The minimum absolute atomic E-state index is 0.125. The number of nitrogens with zero attached hydrogens (tertiary/aromatic N) is 2. The molecule has 0 aromatic heterocycles. The molecule has 8 heteroatoms. The van der Waals surface area contributed by atoms with E-state index in [0.717, 1.165) is 4.47 Å². The Bertz CT molecular complexity index is 845. The minimum Gasteiger partial charge on any atom is -0.481 e. The van der Waals surface area contributed by atoms with Crippen molar-refractivity contribution in [2.45, 2.75) is 6.54 Å². The molecule has 2 aromatic rings. The number of carbonyl (C=O) groups is 2. The first-order valence-electron chi connectivity index (χ1n) is 7.84. The lowest BCUT2D eigenvalue weighted by Crippen LogP contribution is -2.55. The van der Waals surface area contributed by atoms with E-state index in [1.807, 2.05) is 12.1 Å². The van der Waals surface area contributed by atoms with E-state index in [2.05, 4.69) is 15.9 Å². The maximum atomic E-state index is 12.9. The third kappa shape index (κ3) is 4.14. The molecule has 0 spiro atoms. The number of halogens is 3. The number of rotatable bonds is 4. The van der Waals surface area contributed by atoms with Crippen LogP contribution in [0.15, 0.2) is 46.9 Å². The Hall–Kier alpha value is -1.76. The van der Waals surface area contributed by atoms with Gasteiger partial charge in [0.1, 0.15) is 0 Å². The fourth-order valence-corrected chi connectivity index (χ4v) is 3.58. The first-order valence-corrected chi connectivity index (χ1v) is 9.39. The van der Waals surface area contributed by atoms with E-state index in [1.165, 1.54) is 9.80 Å². The molecule has 2 amide bonds. The van der Waals surface area contributed by atoms with Crippen molar-refractivity contribution in [1.29, 1.82) is 0 Å². The van der Waals surface area contributed by atoms with Crippen LogP contribution >= 0.6 is 39.1 Å². The maximum absolute atomic E-state index is 12.9. The van der Waals surface area contributed by atoms with E-state index in [1.54, 1.807) is 30.3 Å². The summed E-state index contributed by atoms with van der Waals surface area (Å²) in [6.07, 6.45) is 0. The van der Waals surface area contributed by atoms with Gasteiger partial charge in [0.15, 0.2) is 0 Å². The van der Waals surface area contributed by atoms with Crippen molar-refractivity contribution < 1.29 is 14.7 Å². The second-order valence-corrected chi connectivity index (χ2v) is 7.78. The molecule has 26 heavy (non-hydrogen) atoms. The van der Waals surface area contributed by atoms with Crippen LogP contribution in [0.2, 0.25) is 10.0 Å². The van der Waals surface area contributed by atoms with Gasteiger partial charge in [-0.05, 0) is 42.0 Å². The Morgan fingerprint density at radius 3 is 2.46 bits per heavy atom. The molecule has 3 rings (SSSR count). The van der Waals surface area contributed by atoms with E-state index in [0.29, 0.717) is 21.3 Å². The van der Waals surface area contributed by atoms with Crippen molar-refractivity contribution in [3.8, 4) is 0 Å². The molecule has 1 aliphatic rings. The molecule has 0 saturated carbocycles. The van der Waals surface area contributed by atoms with Gasteiger partial charge in [-0.2, -0.15) is 0 Å². The highest BCUT2D eigenvalue weighted by atomic mass is 79.9. The predicted molar refractivity (Wildman–Crippen MR) is 105 cm³/mol. The lowest BCUT2D eigenvalue weighted by molar-refractivity contribution is -0.142. The largest absolute Gasteiger partial charge is 0.481 e. The van der Waals surface area contributed by atoms with Gasteiger partial charge >= 0.3 is 12.0 Å². The number of carboxylic acid groups (broad SMARTS) is 1. The number of urea groups is 1. The van der Waals surface area contributed by atoms with Gasteiger partial charge in [-0.1, -0.05) is 45.2 Å². The average Bonchev–Trinajstić information content (AvgIpc) is 2.59. The lowest BCUT2D eigenvalue weighted by atomic mass is 10.0. The van der Waals surface area contributed by atoms with Crippen molar-refractivity contribution in [3.05, 3.63) is 62.5 Å². The van der Waals surface area contributed by atoms with Gasteiger partial charge in [0.05, 0.1) is 5.92 Å². The first-order chi connectivity index (χ1) is 12.3. The molecule has 1 unspecified atom stereocenters. The van der Waals surface area contributed by atoms with Crippen LogP contribution in [0.25, 0.3) is 0 Å². The monoisotopic (exact) mass is 456 g/mol. The highest BCUT2D eigenvalue weighted by Crippen LogP contribution is 2.28. The summed E-state index contributed by atoms with van der Waals surface area (Å²) in [4.78, 5) is 27.5. The number of hydrogen-bond donors (Lipinski definition) is 1. The zero-order valence-electron chi connectivity index (χ0n) is 13.5. The van der Waals surface area contributed by atoms with Gasteiger partial charge in [0.25, 0.3) is 0 Å².